The van der Waals surface area contributed by atoms with Gasteiger partial charge < -0.3 is 9.47 Å². The standard InChI is InChI=1S/C22H35NO2/c1-6-24-19-12-13-21-20(14-19)16(2)15-22(4,5)23(21)17(3)25-18-10-8-7-9-11-18/h7-11,16-17,19-21H,6,12-15H2,1-5H3. The second kappa shape index (κ2) is 7.67. The van der Waals surface area contributed by atoms with Crippen LogP contribution in [-0.4, -0.2) is 35.4 Å². The number of para-hydroxylation sites is 1. The molecule has 0 bridgehead atoms. The van der Waals surface area contributed by atoms with Gasteiger partial charge in [-0.05, 0) is 77.3 Å². The monoisotopic (exact) mass is 345 g/mol. The van der Waals surface area contributed by atoms with Crippen LogP contribution >= 0.6 is 0 Å². The topological polar surface area (TPSA) is 21.7 Å². The number of fused-ring (bicyclic) bond motifs is 1. The van der Waals surface area contributed by atoms with E-state index in [0.717, 1.165) is 18.3 Å². The third-order valence-electron chi connectivity index (χ3n) is 6.27. The lowest BCUT2D eigenvalue weighted by molar-refractivity contribution is -0.146. The van der Waals surface area contributed by atoms with E-state index < -0.39 is 0 Å². The van der Waals surface area contributed by atoms with Gasteiger partial charge in [0, 0.05) is 18.2 Å². The van der Waals surface area contributed by atoms with Crippen molar-refractivity contribution in [1.29, 1.82) is 0 Å². The normalized spacial score (nSPS) is 33.5. The van der Waals surface area contributed by atoms with Crippen molar-refractivity contribution < 1.29 is 9.47 Å². The lowest BCUT2D eigenvalue weighted by Gasteiger charge is -2.58. The Labute approximate surface area is 153 Å². The van der Waals surface area contributed by atoms with E-state index in [1.54, 1.807) is 0 Å². The summed E-state index contributed by atoms with van der Waals surface area (Å²) in [7, 11) is 0. The molecule has 3 rings (SSSR count). The first-order chi connectivity index (χ1) is 11.9. The van der Waals surface area contributed by atoms with Gasteiger partial charge in [-0.25, -0.2) is 0 Å². The summed E-state index contributed by atoms with van der Waals surface area (Å²) in [6, 6.07) is 10.8. The predicted molar refractivity (Wildman–Crippen MR) is 103 cm³/mol. The first-order valence-electron chi connectivity index (χ1n) is 10.0. The molecule has 0 radical (unpaired) electrons. The van der Waals surface area contributed by atoms with E-state index in [0.29, 0.717) is 18.1 Å². The van der Waals surface area contributed by atoms with E-state index in [1.807, 2.05) is 18.2 Å². The molecule has 0 aromatic heterocycles. The molecular formula is C22H35NO2. The van der Waals surface area contributed by atoms with Crippen molar-refractivity contribution in [3.05, 3.63) is 30.3 Å². The smallest absolute Gasteiger partial charge is 0.150 e. The fourth-order valence-electron chi connectivity index (χ4n) is 5.50. The third-order valence-corrected chi connectivity index (χ3v) is 6.27. The van der Waals surface area contributed by atoms with Crippen LogP contribution in [0.4, 0.5) is 0 Å². The van der Waals surface area contributed by atoms with E-state index in [9.17, 15) is 0 Å². The lowest BCUT2D eigenvalue weighted by Crippen LogP contribution is -2.64. The summed E-state index contributed by atoms with van der Waals surface area (Å²) < 4.78 is 12.3. The molecule has 2 fully saturated rings. The van der Waals surface area contributed by atoms with Gasteiger partial charge in [0.2, 0.25) is 0 Å². The molecule has 5 atom stereocenters. The molecule has 0 spiro atoms. The van der Waals surface area contributed by atoms with Crippen molar-refractivity contribution >= 4 is 0 Å². The summed E-state index contributed by atoms with van der Waals surface area (Å²) in [6.07, 6.45) is 5.33. The number of hydrogen-bond donors (Lipinski definition) is 0. The van der Waals surface area contributed by atoms with E-state index in [1.165, 1.54) is 25.7 Å². The van der Waals surface area contributed by atoms with Crippen molar-refractivity contribution in [3.8, 4) is 5.75 Å². The molecule has 0 amide bonds. The molecule has 5 unspecified atom stereocenters. The summed E-state index contributed by atoms with van der Waals surface area (Å²) in [5.74, 6) is 2.41. The number of nitrogens with zero attached hydrogens (tertiary/aromatic N) is 1. The second-order valence-corrected chi connectivity index (χ2v) is 8.55. The van der Waals surface area contributed by atoms with Crippen molar-refractivity contribution in [2.24, 2.45) is 11.8 Å². The molecular weight excluding hydrogens is 310 g/mol. The highest BCUT2D eigenvalue weighted by Crippen LogP contribution is 2.46. The van der Waals surface area contributed by atoms with Crippen molar-refractivity contribution in [1.82, 2.24) is 4.90 Å². The fourth-order valence-corrected chi connectivity index (χ4v) is 5.50. The van der Waals surface area contributed by atoms with E-state index in [4.69, 9.17) is 9.47 Å². The van der Waals surface area contributed by atoms with Crippen LogP contribution in [0.3, 0.4) is 0 Å². The zero-order chi connectivity index (χ0) is 18.0. The lowest BCUT2D eigenvalue weighted by atomic mass is 9.66. The van der Waals surface area contributed by atoms with E-state index in [-0.39, 0.29) is 11.8 Å². The molecule has 2 aliphatic rings. The van der Waals surface area contributed by atoms with Crippen LogP contribution in [0.2, 0.25) is 0 Å². The maximum atomic E-state index is 6.34. The van der Waals surface area contributed by atoms with Crippen molar-refractivity contribution in [2.45, 2.75) is 84.2 Å². The summed E-state index contributed by atoms with van der Waals surface area (Å²) in [4.78, 5) is 2.66. The number of piperidine rings is 1. The number of likely N-dealkylation sites (tertiary alicyclic amines) is 1. The third kappa shape index (κ3) is 4.03. The molecule has 3 heteroatoms. The molecule has 1 aliphatic heterocycles. The molecule has 1 heterocycles. The Morgan fingerprint density at radius 3 is 2.60 bits per heavy atom. The van der Waals surface area contributed by atoms with Gasteiger partial charge in [0.15, 0.2) is 6.23 Å². The molecule has 1 aromatic carbocycles. The Morgan fingerprint density at radius 1 is 1.20 bits per heavy atom. The maximum Gasteiger partial charge on any atom is 0.150 e. The van der Waals surface area contributed by atoms with Gasteiger partial charge in [-0.3, -0.25) is 4.90 Å². The van der Waals surface area contributed by atoms with Crippen LogP contribution in [0.1, 0.15) is 60.3 Å². The molecule has 0 N–H and O–H groups in total. The highest BCUT2D eigenvalue weighted by atomic mass is 16.5. The van der Waals surface area contributed by atoms with Crippen LogP contribution in [0.25, 0.3) is 0 Å². The minimum absolute atomic E-state index is 0.0843. The van der Waals surface area contributed by atoms with Gasteiger partial charge in [-0.15, -0.1) is 0 Å². The molecule has 1 aliphatic carbocycles. The summed E-state index contributed by atoms with van der Waals surface area (Å²) in [5, 5.41) is 0. The minimum atomic E-state index is 0.0843. The van der Waals surface area contributed by atoms with Gasteiger partial charge in [0.25, 0.3) is 0 Å². The van der Waals surface area contributed by atoms with Gasteiger partial charge in [-0.1, -0.05) is 25.1 Å². The van der Waals surface area contributed by atoms with Crippen molar-refractivity contribution in [2.75, 3.05) is 6.61 Å². The van der Waals surface area contributed by atoms with E-state index in [2.05, 4.69) is 51.7 Å². The van der Waals surface area contributed by atoms with Gasteiger partial charge in [-0.2, -0.15) is 0 Å². The molecule has 1 saturated heterocycles. The fraction of sp³-hybridized carbons (Fsp3) is 0.727. The number of rotatable bonds is 5. The largest absolute Gasteiger partial charge is 0.475 e. The Kier molecular flexibility index (Phi) is 5.75. The quantitative estimate of drug-likeness (QED) is 0.740. The van der Waals surface area contributed by atoms with Crippen LogP contribution in [0.5, 0.6) is 5.75 Å². The summed E-state index contributed by atoms with van der Waals surface area (Å²) in [5.41, 5.74) is 0.160. The van der Waals surface area contributed by atoms with Crippen molar-refractivity contribution in [3.63, 3.8) is 0 Å². The van der Waals surface area contributed by atoms with E-state index >= 15 is 0 Å². The Balaban J connectivity index is 1.78. The first-order valence-corrected chi connectivity index (χ1v) is 10.0. The SMILES string of the molecule is CCOC1CCC2C(C1)C(C)CC(C)(C)N2C(C)Oc1ccccc1. The minimum Gasteiger partial charge on any atom is -0.475 e. The van der Waals surface area contributed by atoms with Crippen LogP contribution in [0, 0.1) is 11.8 Å². The number of benzene rings is 1. The maximum absolute atomic E-state index is 6.34. The van der Waals surface area contributed by atoms with Gasteiger partial charge in [0.1, 0.15) is 5.75 Å². The zero-order valence-electron chi connectivity index (χ0n) is 16.6. The average molecular weight is 346 g/mol. The molecule has 140 valence electrons. The predicted octanol–water partition coefficient (Wildman–Crippen LogP) is 5.11. The van der Waals surface area contributed by atoms with Crippen LogP contribution in [-0.2, 0) is 4.74 Å². The van der Waals surface area contributed by atoms with Crippen LogP contribution in [0.15, 0.2) is 30.3 Å². The number of hydrogen-bond acceptors (Lipinski definition) is 3. The Bertz CT molecular complexity index is 544. The Hall–Kier alpha value is -1.06. The first kappa shape index (κ1) is 18.7. The highest BCUT2D eigenvalue weighted by molar-refractivity contribution is 5.21. The van der Waals surface area contributed by atoms with Crippen LogP contribution < -0.4 is 4.74 Å². The highest BCUT2D eigenvalue weighted by Gasteiger charge is 2.49. The average Bonchev–Trinajstić information content (AvgIpc) is 2.56. The zero-order valence-corrected chi connectivity index (χ0v) is 16.6. The van der Waals surface area contributed by atoms with Gasteiger partial charge >= 0.3 is 0 Å². The summed E-state index contributed by atoms with van der Waals surface area (Å²) >= 11 is 0. The van der Waals surface area contributed by atoms with Gasteiger partial charge in [0.05, 0.1) is 6.10 Å². The molecule has 1 aromatic rings. The molecule has 25 heavy (non-hydrogen) atoms. The second-order valence-electron chi connectivity index (χ2n) is 8.55. The summed E-state index contributed by atoms with van der Waals surface area (Å²) in [6.45, 7) is 12.4. The Morgan fingerprint density at radius 2 is 1.92 bits per heavy atom. The molecule has 3 nitrogen and oxygen atoms in total. The molecule has 1 saturated carbocycles. The number of ether oxygens (including phenoxy) is 2.